The van der Waals surface area contributed by atoms with Gasteiger partial charge in [0.2, 0.25) is 5.91 Å². The predicted octanol–water partition coefficient (Wildman–Crippen LogP) is -1.67. The summed E-state index contributed by atoms with van der Waals surface area (Å²) < 4.78 is 1.46. The minimum absolute atomic E-state index is 0.0694. The molecule has 1 aliphatic heterocycles. The summed E-state index contributed by atoms with van der Waals surface area (Å²) in [6, 6.07) is 0. The van der Waals surface area contributed by atoms with Crippen molar-refractivity contribution in [1.29, 1.82) is 0 Å². The number of hydrogen-bond acceptors (Lipinski definition) is 5. The van der Waals surface area contributed by atoms with Crippen molar-refractivity contribution in [2.24, 2.45) is 5.73 Å². The first kappa shape index (κ1) is 11.0. The molecular formula is C9H15N5O2. The minimum atomic E-state index is -0.736. The Labute approximate surface area is 92.8 Å². The topological polar surface area (TPSA) is 97.3 Å². The molecule has 2 heterocycles. The lowest BCUT2D eigenvalue weighted by atomic mass is 9.97. The van der Waals surface area contributed by atoms with E-state index in [2.05, 4.69) is 10.3 Å². The molecule has 7 heteroatoms. The van der Waals surface area contributed by atoms with Crippen LogP contribution < -0.4 is 5.73 Å². The van der Waals surface area contributed by atoms with E-state index in [1.54, 1.807) is 18.0 Å². The van der Waals surface area contributed by atoms with Crippen molar-refractivity contribution >= 4 is 5.91 Å². The molecular weight excluding hydrogens is 210 g/mol. The van der Waals surface area contributed by atoms with E-state index in [1.165, 1.54) is 4.68 Å². The van der Waals surface area contributed by atoms with Gasteiger partial charge in [0.05, 0.1) is 30.6 Å². The van der Waals surface area contributed by atoms with Crippen molar-refractivity contribution in [3.05, 3.63) is 11.9 Å². The van der Waals surface area contributed by atoms with Crippen molar-refractivity contribution < 1.29 is 9.90 Å². The summed E-state index contributed by atoms with van der Waals surface area (Å²) in [6.45, 7) is 2.92. The van der Waals surface area contributed by atoms with E-state index in [1.807, 2.05) is 0 Å². The molecule has 0 aliphatic carbocycles. The number of carbonyl (C=O) groups is 1. The van der Waals surface area contributed by atoms with Crippen LogP contribution in [0.15, 0.2) is 6.20 Å². The zero-order valence-electron chi connectivity index (χ0n) is 9.13. The van der Waals surface area contributed by atoms with Gasteiger partial charge in [0.25, 0.3) is 0 Å². The number of hydrogen-bond donors (Lipinski definition) is 2. The van der Waals surface area contributed by atoms with Gasteiger partial charge in [0.1, 0.15) is 6.54 Å². The maximum absolute atomic E-state index is 11.7. The van der Waals surface area contributed by atoms with Crippen LogP contribution in [-0.2, 0) is 17.9 Å². The first-order chi connectivity index (χ1) is 7.50. The molecule has 1 aliphatic rings. The highest BCUT2D eigenvalue weighted by Crippen LogP contribution is 2.19. The van der Waals surface area contributed by atoms with E-state index in [0.29, 0.717) is 25.3 Å². The van der Waals surface area contributed by atoms with Crippen LogP contribution in [0.3, 0.4) is 0 Å². The molecule has 1 amide bonds. The van der Waals surface area contributed by atoms with Gasteiger partial charge in [0, 0.05) is 6.54 Å². The molecule has 0 atom stereocenters. The zero-order valence-corrected chi connectivity index (χ0v) is 9.13. The molecule has 2 rings (SSSR count). The van der Waals surface area contributed by atoms with E-state index in [9.17, 15) is 9.90 Å². The van der Waals surface area contributed by atoms with Gasteiger partial charge in [-0.25, -0.2) is 4.68 Å². The lowest BCUT2D eigenvalue weighted by molar-refractivity contribution is -0.153. The minimum Gasteiger partial charge on any atom is -0.386 e. The second kappa shape index (κ2) is 3.84. The lowest BCUT2D eigenvalue weighted by Crippen LogP contribution is -2.62. The molecule has 3 N–H and O–H groups in total. The number of β-amino-alcohol motifs (C(OH)–C–C–N with tert-alkyl or cyclic N) is 1. The standard InChI is InChI=1S/C9H15N5O2/c1-9(16)5-13(6-9)8(15)4-14-3-7(2-10)11-12-14/h3,16H,2,4-6,10H2,1H3. The molecule has 0 spiro atoms. The van der Waals surface area contributed by atoms with Gasteiger partial charge in [-0.15, -0.1) is 5.10 Å². The van der Waals surface area contributed by atoms with Crippen LogP contribution in [0, 0.1) is 0 Å². The average Bonchev–Trinajstić information content (AvgIpc) is 2.61. The van der Waals surface area contributed by atoms with Crippen molar-refractivity contribution in [2.75, 3.05) is 13.1 Å². The zero-order chi connectivity index (χ0) is 11.8. The molecule has 0 unspecified atom stereocenters. The number of rotatable bonds is 3. The van der Waals surface area contributed by atoms with Crippen LogP contribution in [0.2, 0.25) is 0 Å². The Morgan fingerprint density at radius 2 is 2.38 bits per heavy atom. The number of nitrogens with zero attached hydrogens (tertiary/aromatic N) is 4. The highest BCUT2D eigenvalue weighted by molar-refractivity contribution is 5.77. The molecule has 0 bridgehead atoms. The first-order valence-corrected chi connectivity index (χ1v) is 5.09. The van der Waals surface area contributed by atoms with Crippen LogP contribution in [-0.4, -0.2) is 49.6 Å². The third-order valence-corrected chi connectivity index (χ3v) is 2.51. The average molecular weight is 225 g/mol. The summed E-state index contributed by atoms with van der Waals surface area (Å²) in [5.41, 5.74) is 5.30. The molecule has 16 heavy (non-hydrogen) atoms. The van der Waals surface area contributed by atoms with Crippen LogP contribution in [0.1, 0.15) is 12.6 Å². The number of nitrogens with two attached hydrogens (primary N) is 1. The van der Waals surface area contributed by atoms with Crippen molar-refractivity contribution in [3.8, 4) is 0 Å². The number of aliphatic hydroxyl groups is 1. The number of likely N-dealkylation sites (tertiary alicyclic amines) is 1. The SMILES string of the molecule is CC1(O)CN(C(=O)Cn2cc(CN)nn2)C1. The number of aromatic nitrogens is 3. The van der Waals surface area contributed by atoms with Gasteiger partial charge in [-0.1, -0.05) is 5.21 Å². The maximum atomic E-state index is 11.7. The van der Waals surface area contributed by atoms with E-state index in [0.717, 1.165) is 0 Å². The first-order valence-electron chi connectivity index (χ1n) is 5.09. The molecule has 88 valence electrons. The summed E-state index contributed by atoms with van der Waals surface area (Å²) >= 11 is 0. The summed E-state index contributed by atoms with van der Waals surface area (Å²) in [6.07, 6.45) is 1.65. The monoisotopic (exact) mass is 225 g/mol. The molecule has 0 saturated carbocycles. The maximum Gasteiger partial charge on any atom is 0.244 e. The van der Waals surface area contributed by atoms with Gasteiger partial charge in [-0.3, -0.25) is 4.79 Å². The molecule has 0 aromatic carbocycles. The fraction of sp³-hybridized carbons (Fsp3) is 0.667. The fourth-order valence-corrected chi connectivity index (χ4v) is 1.70. The fourth-order valence-electron chi connectivity index (χ4n) is 1.70. The van der Waals surface area contributed by atoms with Crippen LogP contribution in [0.5, 0.6) is 0 Å². The molecule has 1 fully saturated rings. The second-order valence-corrected chi connectivity index (χ2v) is 4.36. The van der Waals surface area contributed by atoms with Gasteiger partial charge in [-0.05, 0) is 6.92 Å². The van der Waals surface area contributed by atoms with Gasteiger partial charge < -0.3 is 15.7 Å². The Morgan fingerprint density at radius 1 is 1.69 bits per heavy atom. The quantitative estimate of drug-likeness (QED) is 0.641. The Hall–Kier alpha value is -1.47. The van der Waals surface area contributed by atoms with E-state index < -0.39 is 5.60 Å². The largest absolute Gasteiger partial charge is 0.386 e. The van der Waals surface area contributed by atoms with Crippen molar-refractivity contribution in [3.63, 3.8) is 0 Å². The summed E-state index contributed by atoms with van der Waals surface area (Å²) in [5, 5.41) is 17.1. The highest BCUT2D eigenvalue weighted by atomic mass is 16.3. The summed E-state index contributed by atoms with van der Waals surface area (Å²) in [4.78, 5) is 13.3. The number of amides is 1. The van der Waals surface area contributed by atoms with E-state index in [4.69, 9.17) is 5.73 Å². The third kappa shape index (κ3) is 2.20. The van der Waals surface area contributed by atoms with Gasteiger partial charge >= 0.3 is 0 Å². The Morgan fingerprint density at radius 3 is 2.88 bits per heavy atom. The van der Waals surface area contributed by atoms with Crippen LogP contribution >= 0.6 is 0 Å². The Kier molecular flexibility index (Phi) is 2.64. The smallest absolute Gasteiger partial charge is 0.244 e. The van der Waals surface area contributed by atoms with Crippen molar-refractivity contribution in [1.82, 2.24) is 19.9 Å². The molecule has 1 saturated heterocycles. The predicted molar refractivity (Wildman–Crippen MR) is 55.1 cm³/mol. The normalized spacial score (nSPS) is 18.3. The van der Waals surface area contributed by atoms with E-state index >= 15 is 0 Å². The highest BCUT2D eigenvalue weighted by Gasteiger charge is 2.39. The summed E-state index contributed by atoms with van der Waals surface area (Å²) in [7, 11) is 0. The molecule has 1 aromatic heterocycles. The second-order valence-electron chi connectivity index (χ2n) is 4.36. The van der Waals surface area contributed by atoms with E-state index in [-0.39, 0.29) is 12.5 Å². The van der Waals surface area contributed by atoms with Crippen LogP contribution in [0.4, 0.5) is 0 Å². The molecule has 1 aromatic rings. The Bertz CT molecular complexity index is 392. The molecule has 0 radical (unpaired) electrons. The Balaban J connectivity index is 1.88. The van der Waals surface area contributed by atoms with Crippen LogP contribution in [0.25, 0.3) is 0 Å². The third-order valence-electron chi connectivity index (χ3n) is 2.51. The molecule has 7 nitrogen and oxygen atoms in total. The summed E-state index contributed by atoms with van der Waals surface area (Å²) in [5.74, 6) is -0.0694. The van der Waals surface area contributed by atoms with Gasteiger partial charge in [-0.2, -0.15) is 0 Å². The lowest BCUT2D eigenvalue weighted by Gasteiger charge is -2.44. The van der Waals surface area contributed by atoms with Crippen molar-refractivity contribution in [2.45, 2.75) is 25.6 Å². The number of carbonyl (C=O) groups excluding carboxylic acids is 1. The van der Waals surface area contributed by atoms with Gasteiger partial charge in [0.15, 0.2) is 0 Å².